The summed E-state index contributed by atoms with van der Waals surface area (Å²) in [6.45, 7) is 1.78. The van der Waals surface area contributed by atoms with Crippen LogP contribution in [0.3, 0.4) is 0 Å². The number of nitrogens with zero attached hydrogens (tertiary/aromatic N) is 1. The van der Waals surface area contributed by atoms with Crippen LogP contribution in [0.25, 0.3) is 0 Å². The monoisotopic (exact) mass is 308 g/mol. The van der Waals surface area contributed by atoms with Gasteiger partial charge in [0.05, 0.1) is 12.1 Å². The lowest BCUT2D eigenvalue weighted by Gasteiger charge is -2.23. The van der Waals surface area contributed by atoms with Gasteiger partial charge in [0.1, 0.15) is 4.90 Å². The number of aryl methyl sites for hydroxylation is 1. The van der Waals surface area contributed by atoms with Gasteiger partial charge in [-0.25, -0.2) is 8.42 Å². The molecule has 21 heavy (non-hydrogen) atoms. The van der Waals surface area contributed by atoms with E-state index in [1.165, 1.54) is 18.5 Å². The van der Waals surface area contributed by atoms with E-state index in [9.17, 15) is 13.2 Å². The molecule has 2 aromatic rings. The Morgan fingerprint density at radius 3 is 2.43 bits per heavy atom. The molecule has 0 saturated heterocycles. The van der Waals surface area contributed by atoms with Crippen LogP contribution >= 0.6 is 0 Å². The number of carbonyl (C=O) groups is 1. The first-order valence-electron chi connectivity index (χ1n) is 6.35. The number of benzene rings is 1. The number of hydrogen-bond donors (Lipinski definition) is 2. The molecule has 112 valence electrons. The van der Waals surface area contributed by atoms with Crippen LogP contribution in [-0.4, -0.2) is 31.0 Å². The molecule has 1 aromatic carbocycles. The predicted octanol–water partition coefficient (Wildman–Crippen LogP) is 1.99. The largest absolute Gasteiger partial charge is 0.481 e. The molecular formula is C14H16N2O4S. The van der Waals surface area contributed by atoms with Gasteiger partial charge in [-0.1, -0.05) is 17.7 Å². The van der Waals surface area contributed by atoms with Gasteiger partial charge in [-0.15, -0.1) is 0 Å². The molecule has 0 bridgehead atoms. The minimum Gasteiger partial charge on any atom is -0.481 e. The third-order valence-corrected chi connectivity index (χ3v) is 4.83. The van der Waals surface area contributed by atoms with E-state index in [0.29, 0.717) is 5.69 Å². The lowest BCUT2D eigenvalue weighted by atomic mass is 10.2. The second-order valence-electron chi connectivity index (χ2n) is 4.60. The van der Waals surface area contributed by atoms with Crippen molar-refractivity contribution in [2.24, 2.45) is 0 Å². The number of aliphatic carboxylic acids is 1. The van der Waals surface area contributed by atoms with Crippen molar-refractivity contribution in [1.29, 1.82) is 0 Å². The number of aromatic nitrogens is 1. The highest BCUT2D eigenvalue weighted by atomic mass is 32.2. The molecule has 1 heterocycles. The van der Waals surface area contributed by atoms with Crippen molar-refractivity contribution < 1.29 is 18.3 Å². The number of rotatable bonds is 6. The summed E-state index contributed by atoms with van der Waals surface area (Å²) in [5, 5.41) is 8.82. The quantitative estimate of drug-likeness (QED) is 0.854. The molecular weight excluding hydrogens is 292 g/mol. The average molecular weight is 308 g/mol. The summed E-state index contributed by atoms with van der Waals surface area (Å²) < 4.78 is 26.3. The predicted molar refractivity (Wildman–Crippen MR) is 78.8 cm³/mol. The van der Waals surface area contributed by atoms with E-state index in [1.54, 1.807) is 24.3 Å². The van der Waals surface area contributed by atoms with E-state index in [-0.39, 0.29) is 17.9 Å². The van der Waals surface area contributed by atoms with Crippen molar-refractivity contribution >= 4 is 21.7 Å². The number of nitrogens with one attached hydrogen (secondary N) is 1. The van der Waals surface area contributed by atoms with Gasteiger partial charge in [0, 0.05) is 18.9 Å². The number of H-pyrrole nitrogens is 1. The van der Waals surface area contributed by atoms with Gasteiger partial charge in [-0.2, -0.15) is 0 Å². The zero-order valence-electron chi connectivity index (χ0n) is 11.5. The number of anilines is 1. The minimum atomic E-state index is -3.78. The maximum Gasteiger partial charge on any atom is 0.305 e. The topological polar surface area (TPSA) is 90.5 Å². The summed E-state index contributed by atoms with van der Waals surface area (Å²) in [6, 6.07) is 8.35. The van der Waals surface area contributed by atoms with Gasteiger partial charge in [-0.05, 0) is 25.1 Å². The second-order valence-corrected chi connectivity index (χ2v) is 6.47. The van der Waals surface area contributed by atoms with Crippen LogP contribution in [0.2, 0.25) is 0 Å². The van der Waals surface area contributed by atoms with Crippen LogP contribution in [-0.2, 0) is 14.8 Å². The van der Waals surface area contributed by atoms with E-state index in [0.717, 1.165) is 9.87 Å². The average Bonchev–Trinajstić information content (AvgIpc) is 2.95. The normalized spacial score (nSPS) is 11.3. The van der Waals surface area contributed by atoms with Crippen LogP contribution in [0.1, 0.15) is 12.0 Å². The van der Waals surface area contributed by atoms with E-state index in [4.69, 9.17) is 5.11 Å². The van der Waals surface area contributed by atoms with Crippen molar-refractivity contribution in [2.75, 3.05) is 10.8 Å². The Labute approximate surface area is 123 Å². The fourth-order valence-corrected chi connectivity index (χ4v) is 3.33. The van der Waals surface area contributed by atoms with Gasteiger partial charge in [0.2, 0.25) is 0 Å². The Bertz CT molecular complexity index is 706. The maximum absolute atomic E-state index is 12.6. The summed E-state index contributed by atoms with van der Waals surface area (Å²) in [5.41, 5.74) is 1.44. The first kappa shape index (κ1) is 15.1. The highest BCUT2D eigenvalue weighted by Gasteiger charge is 2.25. The third-order valence-electron chi connectivity index (χ3n) is 3.01. The molecule has 0 aliphatic rings. The molecule has 1 aromatic heterocycles. The molecule has 0 saturated carbocycles. The lowest BCUT2D eigenvalue weighted by Crippen LogP contribution is -2.32. The SMILES string of the molecule is Cc1ccc(N(CCC(=O)O)S(=O)(=O)c2cc[nH]c2)cc1. The van der Waals surface area contributed by atoms with E-state index in [1.807, 2.05) is 6.92 Å². The molecule has 0 unspecified atom stereocenters. The highest BCUT2D eigenvalue weighted by molar-refractivity contribution is 7.92. The number of hydrogen-bond acceptors (Lipinski definition) is 3. The minimum absolute atomic E-state index is 0.105. The Balaban J connectivity index is 2.41. The molecule has 0 aliphatic heterocycles. The van der Waals surface area contributed by atoms with Crippen molar-refractivity contribution in [3.63, 3.8) is 0 Å². The van der Waals surface area contributed by atoms with Crippen LogP contribution in [0, 0.1) is 6.92 Å². The zero-order chi connectivity index (χ0) is 15.5. The zero-order valence-corrected chi connectivity index (χ0v) is 12.3. The molecule has 7 heteroatoms. The molecule has 0 amide bonds. The van der Waals surface area contributed by atoms with Crippen LogP contribution in [0.4, 0.5) is 5.69 Å². The Hall–Kier alpha value is -2.28. The summed E-state index contributed by atoms with van der Waals surface area (Å²) >= 11 is 0. The molecule has 2 rings (SSSR count). The van der Waals surface area contributed by atoms with Crippen LogP contribution < -0.4 is 4.31 Å². The molecule has 0 radical (unpaired) electrons. The number of sulfonamides is 1. The highest BCUT2D eigenvalue weighted by Crippen LogP contribution is 2.24. The molecule has 0 atom stereocenters. The Morgan fingerprint density at radius 2 is 1.90 bits per heavy atom. The second kappa shape index (κ2) is 6.01. The molecule has 0 spiro atoms. The van der Waals surface area contributed by atoms with Gasteiger partial charge in [0.25, 0.3) is 10.0 Å². The summed E-state index contributed by atoms with van der Waals surface area (Å²) in [6.07, 6.45) is 2.62. The van der Waals surface area contributed by atoms with Gasteiger partial charge in [-0.3, -0.25) is 9.10 Å². The molecule has 0 fully saturated rings. The Morgan fingerprint density at radius 1 is 1.24 bits per heavy atom. The number of carboxylic acid groups (broad SMARTS) is 1. The van der Waals surface area contributed by atoms with Crippen molar-refractivity contribution in [3.8, 4) is 0 Å². The fourth-order valence-electron chi connectivity index (χ4n) is 1.89. The Kier molecular flexibility index (Phi) is 4.32. The van der Waals surface area contributed by atoms with Crippen LogP contribution in [0.15, 0.2) is 47.6 Å². The number of carboxylic acids is 1. The number of aromatic amines is 1. The summed E-state index contributed by atoms with van der Waals surface area (Å²) in [5.74, 6) is -1.05. The van der Waals surface area contributed by atoms with E-state index < -0.39 is 16.0 Å². The van der Waals surface area contributed by atoms with Crippen LogP contribution in [0.5, 0.6) is 0 Å². The van der Waals surface area contributed by atoms with Crippen molar-refractivity contribution in [2.45, 2.75) is 18.2 Å². The smallest absolute Gasteiger partial charge is 0.305 e. The lowest BCUT2D eigenvalue weighted by molar-refractivity contribution is -0.136. The standard InChI is InChI=1S/C14H16N2O4S/c1-11-2-4-12(5-3-11)16(9-7-14(17)18)21(19,20)13-6-8-15-10-13/h2-6,8,10,15H,7,9H2,1H3,(H,17,18). The van der Waals surface area contributed by atoms with Gasteiger partial charge >= 0.3 is 5.97 Å². The van der Waals surface area contributed by atoms with E-state index >= 15 is 0 Å². The molecule has 6 nitrogen and oxygen atoms in total. The maximum atomic E-state index is 12.6. The summed E-state index contributed by atoms with van der Waals surface area (Å²) in [7, 11) is -3.78. The first-order chi connectivity index (χ1) is 9.91. The van der Waals surface area contributed by atoms with Crippen molar-refractivity contribution in [3.05, 3.63) is 48.3 Å². The van der Waals surface area contributed by atoms with Crippen molar-refractivity contribution in [1.82, 2.24) is 4.98 Å². The molecule has 2 N–H and O–H groups in total. The van der Waals surface area contributed by atoms with E-state index in [2.05, 4.69) is 4.98 Å². The summed E-state index contributed by atoms with van der Waals surface area (Å²) in [4.78, 5) is 13.6. The van der Waals surface area contributed by atoms with Gasteiger partial charge in [0.15, 0.2) is 0 Å². The first-order valence-corrected chi connectivity index (χ1v) is 7.79. The molecule has 0 aliphatic carbocycles. The third kappa shape index (κ3) is 3.43. The van der Waals surface area contributed by atoms with Gasteiger partial charge < -0.3 is 10.1 Å². The fraction of sp³-hybridized carbons (Fsp3) is 0.214.